The van der Waals surface area contributed by atoms with Gasteiger partial charge in [-0.15, -0.1) is 0 Å². The van der Waals surface area contributed by atoms with Crippen molar-refractivity contribution >= 4 is 17.5 Å². The summed E-state index contributed by atoms with van der Waals surface area (Å²) in [5.74, 6) is -0.0331. The lowest BCUT2D eigenvalue weighted by Crippen LogP contribution is -2.43. The van der Waals surface area contributed by atoms with Crippen molar-refractivity contribution in [3.8, 4) is 0 Å². The van der Waals surface area contributed by atoms with Crippen molar-refractivity contribution in [2.45, 2.75) is 44.2 Å². The second-order valence-electron chi connectivity index (χ2n) is 5.82. The monoisotopic (exact) mass is 287 g/mol. The standard InChI is InChI=1S/C16H21N3O2/c20-15(18-13-8-9-13)11-4-6-12(7-5-11)19-16(21)14-3-1-2-10-17-14/h4-7,13-14,17H,1-3,8-10H2,(H,18,20)(H,19,21)/t14-/m1/s1. The van der Waals surface area contributed by atoms with E-state index in [4.69, 9.17) is 0 Å². The van der Waals surface area contributed by atoms with E-state index in [-0.39, 0.29) is 17.9 Å². The van der Waals surface area contributed by atoms with E-state index < -0.39 is 0 Å². The molecule has 5 heteroatoms. The first kappa shape index (κ1) is 14.1. The number of nitrogens with one attached hydrogen (secondary N) is 3. The maximum absolute atomic E-state index is 12.1. The van der Waals surface area contributed by atoms with Crippen LogP contribution in [0.4, 0.5) is 5.69 Å². The molecule has 1 aliphatic carbocycles. The molecular weight excluding hydrogens is 266 g/mol. The fourth-order valence-electron chi connectivity index (χ4n) is 2.51. The topological polar surface area (TPSA) is 70.2 Å². The summed E-state index contributed by atoms with van der Waals surface area (Å²) in [4.78, 5) is 24.0. The maximum Gasteiger partial charge on any atom is 0.251 e. The Morgan fingerprint density at radius 1 is 1.05 bits per heavy atom. The molecular formula is C16H21N3O2. The summed E-state index contributed by atoms with van der Waals surface area (Å²) in [5, 5.41) is 9.06. The van der Waals surface area contributed by atoms with E-state index >= 15 is 0 Å². The molecule has 0 bridgehead atoms. The minimum atomic E-state index is -0.100. The normalized spacial score (nSPS) is 21.6. The van der Waals surface area contributed by atoms with Gasteiger partial charge in [0, 0.05) is 17.3 Å². The number of hydrogen-bond donors (Lipinski definition) is 3. The van der Waals surface area contributed by atoms with E-state index in [2.05, 4.69) is 16.0 Å². The van der Waals surface area contributed by atoms with E-state index in [0.717, 1.165) is 44.3 Å². The summed E-state index contributed by atoms with van der Waals surface area (Å²) in [6.45, 7) is 0.901. The smallest absolute Gasteiger partial charge is 0.251 e. The number of anilines is 1. The Bertz CT molecular complexity index is 517. The highest BCUT2D eigenvalue weighted by Crippen LogP contribution is 2.20. The average Bonchev–Trinajstić information content (AvgIpc) is 3.33. The second-order valence-corrected chi connectivity index (χ2v) is 5.82. The molecule has 3 N–H and O–H groups in total. The molecule has 2 fully saturated rings. The molecule has 0 spiro atoms. The lowest BCUT2D eigenvalue weighted by Gasteiger charge is -2.22. The highest BCUT2D eigenvalue weighted by molar-refractivity contribution is 5.97. The molecule has 3 rings (SSSR count). The van der Waals surface area contributed by atoms with Gasteiger partial charge in [-0.05, 0) is 56.5 Å². The lowest BCUT2D eigenvalue weighted by atomic mass is 10.0. The molecule has 1 heterocycles. The van der Waals surface area contributed by atoms with Crippen molar-refractivity contribution in [1.82, 2.24) is 10.6 Å². The molecule has 0 aromatic heterocycles. The van der Waals surface area contributed by atoms with Crippen LogP contribution in [0.25, 0.3) is 0 Å². The molecule has 1 saturated heterocycles. The van der Waals surface area contributed by atoms with Gasteiger partial charge in [0.25, 0.3) is 5.91 Å². The van der Waals surface area contributed by atoms with Crippen LogP contribution in [0.1, 0.15) is 42.5 Å². The van der Waals surface area contributed by atoms with Gasteiger partial charge in [0.05, 0.1) is 6.04 Å². The van der Waals surface area contributed by atoms with Crippen molar-refractivity contribution in [1.29, 1.82) is 0 Å². The summed E-state index contributed by atoms with van der Waals surface area (Å²) >= 11 is 0. The van der Waals surface area contributed by atoms with Crippen LogP contribution in [0.3, 0.4) is 0 Å². The minimum Gasteiger partial charge on any atom is -0.349 e. The predicted molar refractivity (Wildman–Crippen MR) is 81.2 cm³/mol. The van der Waals surface area contributed by atoms with E-state index in [0.29, 0.717) is 11.6 Å². The molecule has 112 valence electrons. The Labute approximate surface area is 124 Å². The van der Waals surface area contributed by atoms with Crippen LogP contribution >= 0.6 is 0 Å². The number of rotatable bonds is 4. The molecule has 2 amide bonds. The van der Waals surface area contributed by atoms with Crippen molar-refractivity contribution in [2.24, 2.45) is 0 Å². The molecule has 1 aromatic rings. The number of carbonyl (C=O) groups excluding carboxylic acids is 2. The van der Waals surface area contributed by atoms with Crippen LogP contribution in [0.15, 0.2) is 24.3 Å². The molecule has 1 atom stereocenters. The summed E-state index contributed by atoms with van der Waals surface area (Å²) in [7, 11) is 0. The Balaban J connectivity index is 1.55. The molecule has 0 unspecified atom stereocenters. The van der Waals surface area contributed by atoms with Crippen LogP contribution in [0, 0.1) is 0 Å². The Morgan fingerprint density at radius 3 is 2.43 bits per heavy atom. The van der Waals surface area contributed by atoms with Gasteiger partial charge < -0.3 is 16.0 Å². The van der Waals surface area contributed by atoms with E-state index in [1.165, 1.54) is 0 Å². The first-order valence-electron chi connectivity index (χ1n) is 7.67. The first-order valence-corrected chi connectivity index (χ1v) is 7.67. The molecule has 1 aliphatic heterocycles. The van der Waals surface area contributed by atoms with Gasteiger partial charge in [-0.3, -0.25) is 9.59 Å². The summed E-state index contributed by atoms with van der Waals surface area (Å²) in [6.07, 6.45) is 5.26. The van der Waals surface area contributed by atoms with Crippen molar-refractivity contribution < 1.29 is 9.59 Å². The van der Waals surface area contributed by atoms with Gasteiger partial charge in [-0.1, -0.05) is 6.42 Å². The number of benzene rings is 1. The molecule has 2 aliphatic rings. The Kier molecular flexibility index (Phi) is 4.20. The second kappa shape index (κ2) is 6.26. The van der Waals surface area contributed by atoms with Gasteiger partial charge in [-0.25, -0.2) is 0 Å². The molecule has 1 saturated carbocycles. The Hall–Kier alpha value is -1.88. The predicted octanol–water partition coefficient (Wildman–Crippen LogP) is 1.66. The zero-order valence-corrected chi connectivity index (χ0v) is 12.0. The molecule has 21 heavy (non-hydrogen) atoms. The zero-order valence-electron chi connectivity index (χ0n) is 12.0. The van der Waals surface area contributed by atoms with Crippen LogP contribution in [-0.2, 0) is 4.79 Å². The highest BCUT2D eigenvalue weighted by Gasteiger charge is 2.24. The van der Waals surface area contributed by atoms with Crippen LogP contribution in [-0.4, -0.2) is 30.4 Å². The third kappa shape index (κ3) is 3.82. The number of piperidine rings is 1. The fourth-order valence-corrected chi connectivity index (χ4v) is 2.51. The minimum absolute atomic E-state index is 0.00452. The van der Waals surface area contributed by atoms with Crippen LogP contribution in [0.5, 0.6) is 0 Å². The van der Waals surface area contributed by atoms with Crippen LogP contribution < -0.4 is 16.0 Å². The summed E-state index contributed by atoms with van der Waals surface area (Å²) in [6, 6.07) is 7.32. The summed E-state index contributed by atoms with van der Waals surface area (Å²) < 4.78 is 0. The van der Waals surface area contributed by atoms with Crippen molar-refractivity contribution in [2.75, 3.05) is 11.9 Å². The van der Waals surface area contributed by atoms with Crippen molar-refractivity contribution in [3.63, 3.8) is 0 Å². The zero-order chi connectivity index (χ0) is 14.7. The summed E-state index contributed by atoms with van der Waals surface area (Å²) in [5.41, 5.74) is 1.37. The largest absolute Gasteiger partial charge is 0.349 e. The first-order chi connectivity index (χ1) is 10.2. The van der Waals surface area contributed by atoms with Crippen molar-refractivity contribution in [3.05, 3.63) is 29.8 Å². The fraction of sp³-hybridized carbons (Fsp3) is 0.500. The molecule has 5 nitrogen and oxygen atoms in total. The average molecular weight is 287 g/mol. The quantitative estimate of drug-likeness (QED) is 0.789. The SMILES string of the molecule is O=C(NC1CC1)c1ccc(NC(=O)[C@H]2CCCCN2)cc1. The van der Waals surface area contributed by atoms with E-state index in [9.17, 15) is 9.59 Å². The van der Waals surface area contributed by atoms with Gasteiger partial charge in [0.15, 0.2) is 0 Å². The van der Waals surface area contributed by atoms with E-state index in [1.54, 1.807) is 24.3 Å². The van der Waals surface area contributed by atoms with Gasteiger partial charge in [0.1, 0.15) is 0 Å². The van der Waals surface area contributed by atoms with Crippen LogP contribution in [0.2, 0.25) is 0 Å². The molecule has 1 aromatic carbocycles. The van der Waals surface area contributed by atoms with Gasteiger partial charge in [-0.2, -0.15) is 0 Å². The third-order valence-electron chi connectivity index (χ3n) is 3.95. The number of carbonyl (C=O) groups is 2. The number of hydrogen-bond acceptors (Lipinski definition) is 3. The third-order valence-corrected chi connectivity index (χ3v) is 3.95. The van der Waals surface area contributed by atoms with Gasteiger partial charge >= 0.3 is 0 Å². The van der Waals surface area contributed by atoms with E-state index in [1.807, 2.05) is 0 Å². The lowest BCUT2D eigenvalue weighted by molar-refractivity contribution is -0.118. The Morgan fingerprint density at radius 2 is 1.81 bits per heavy atom. The number of amides is 2. The molecule has 0 radical (unpaired) electrons. The maximum atomic E-state index is 12.1. The highest BCUT2D eigenvalue weighted by atomic mass is 16.2. The van der Waals surface area contributed by atoms with Gasteiger partial charge in [0.2, 0.25) is 5.91 Å².